The molecule has 4 nitrogen and oxygen atoms in total. The van der Waals surface area contributed by atoms with Crippen molar-refractivity contribution in [2.45, 2.75) is 31.3 Å². The lowest BCUT2D eigenvalue weighted by molar-refractivity contribution is 0.0608. The van der Waals surface area contributed by atoms with Gasteiger partial charge in [-0.15, -0.1) is 0 Å². The first-order valence-electron chi connectivity index (χ1n) is 5.69. The number of rotatable bonds is 5. The predicted octanol–water partition coefficient (Wildman–Crippen LogP) is 0.402. The zero-order chi connectivity index (χ0) is 12.8. The molecule has 3 N–H and O–H groups in total. The van der Waals surface area contributed by atoms with E-state index in [0.717, 1.165) is 0 Å². The second-order valence-electron chi connectivity index (χ2n) is 4.19. The fourth-order valence-electron chi connectivity index (χ4n) is 1.61. The smallest absolute Gasteiger partial charge is 0.102 e. The molecule has 96 valence electrons. The zero-order valence-corrected chi connectivity index (χ0v) is 9.94. The Morgan fingerprint density at radius 1 is 1.35 bits per heavy atom. The van der Waals surface area contributed by atoms with E-state index in [0.29, 0.717) is 6.61 Å². The molecule has 0 amide bonds. The second-order valence-corrected chi connectivity index (χ2v) is 4.19. The molecule has 1 heterocycles. The lowest BCUT2D eigenvalue weighted by Gasteiger charge is -2.13. The van der Waals surface area contributed by atoms with Gasteiger partial charge in [-0.25, -0.2) is 0 Å². The van der Waals surface area contributed by atoms with E-state index in [2.05, 4.69) is 6.58 Å². The lowest BCUT2D eigenvalue weighted by atomic mass is 10.00. The molecule has 0 bridgehead atoms. The molecule has 1 aliphatic rings. The molecule has 1 saturated heterocycles. The third kappa shape index (κ3) is 4.09. The van der Waals surface area contributed by atoms with Gasteiger partial charge in [-0.2, -0.15) is 0 Å². The van der Waals surface area contributed by atoms with E-state index in [4.69, 9.17) is 9.84 Å². The average molecular weight is 240 g/mol. The number of aliphatic hydroxyl groups is 3. The first-order valence-corrected chi connectivity index (χ1v) is 5.69. The minimum atomic E-state index is -0.912. The van der Waals surface area contributed by atoms with Crippen LogP contribution in [-0.4, -0.2) is 46.3 Å². The van der Waals surface area contributed by atoms with Gasteiger partial charge in [0.15, 0.2) is 0 Å². The first-order chi connectivity index (χ1) is 8.06. The molecular weight excluding hydrogens is 220 g/mol. The minimum Gasteiger partial charge on any atom is -0.390 e. The Bertz CT molecular complexity index is 296. The third-order valence-electron chi connectivity index (χ3n) is 2.74. The summed E-state index contributed by atoms with van der Waals surface area (Å²) in [5, 5.41) is 28.4. The van der Waals surface area contributed by atoms with E-state index in [-0.39, 0.29) is 12.0 Å². The zero-order valence-electron chi connectivity index (χ0n) is 9.94. The van der Waals surface area contributed by atoms with Gasteiger partial charge in [0, 0.05) is 5.92 Å². The number of allylic oxidation sites excluding steroid dienone is 2. The van der Waals surface area contributed by atoms with Crippen molar-refractivity contribution in [3.8, 4) is 0 Å². The van der Waals surface area contributed by atoms with Crippen molar-refractivity contribution in [1.29, 1.82) is 0 Å². The highest BCUT2D eigenvalue weighted by molar-refractivity contribution is 5.09. The molecule has 1 fully saturated rings. The summed E-state index contributed by atoms with van der Waals surface area (Å²) >= 11 is 0. The van der Waals surface area contributed by atoms with Crippen LogP contribution in [0.25, 0.3) is 0 Å². The fourth-order valence-corrected chi connectivity index (χ4v) is 1.61. The number of hydrogen-bond donors (Lipinski definition) is 3. The number of aliphatic hydroxyl groups excluding tert-OH is 3. The van der Waals surface area contributed by atoms with Crippen LogP contribution in [0.2, 0.25) is 0 Å². The topological polar surface area (TPSA) is 69.9 Å². The molecule has 0 aromatic rings. The van der Waals surface area contributed by atoms with Gasteiger partial charge in [0.05, 0.1) is 24.9 Å². The Morgan fingerprint density at radius 2 is 2.06 bits per heavy atom. The summed E-state index contributed by atoms with van der Waals surface area (Å²) in [5.74, 6) is -0.164. The Labute approximate surface area is 102 Å². The van der Waals surface area contributed by atoms with Crippen molar-refractivity contribution in [3.63, 3.8) is 0 Å². The molecule has 1 aliphatic heterocycles. The van der Waals surface area contributed by atoms with Crippen molar-refractivity contribution in [3.05, 3.63) is 37.0 Å². The fraction of sp³-hybridized carbons (Fsp3) is 0.538. The third-order valence-corrected chi connectivity index (χ3v) is 2.74. The molecule has 0 saturated carbocycles. The minimum absolute atomic E-state index is 0.164. The SMILES string of the molecule is C=C/C=C/[C@@H]1OC[C@H](/C=C/[C@@H](O)[C@@H](C)O)[C@H]1O. The van der Waals surface area contributed by atoms with Crippen molar-refractivity contribution < 1.29 is 20.1 Å². The van der Waals surface area contributed by atoms with Crippen molar-refractivity contribution >= 4 is 0 Å². The molecular formula is C13H20O4. The Hall–Kier alpha value is -0.940. The molecule has 0 unspecified atom stereocenters. The van der Waals surface area contributed by atoms with Crippen molar-refractivity contribution in [2.75, 3.05) is 6.61 Å². The van der Waals surface area contributed by atoms with Gasteiger partial charge in [-0.3, -0.25) is 0 Å². The van der Waals surface area contributed by atoms with Crippen LogP contribution in [0.3, 0.4) is 0 Å². The normalized spacial score (nSPS) is 33.3. The summed E-state index contributed by atoms with van der Waals surface area (Å²) in [5.41, 5.74) is 0. The molecule has 4 heteroatoms. The summed E-state index contributed by atoms with van der Waals surface area (Å²) in [6.07, 6.45) is 5.56. The van der Waals surface area contributed by atoms with Crippen molar-refractivity contribution in [1.82, 2.24) is 0 Å². The van der Waals surface area contributed by atoms with Crippen molar-refractivity contribution in [2.24, 2.45) is 5.92 Å². The van der Waals surface area contributed by atoms with Crippen LogP contribution in [-0.2, 0) is 4.74 Å². The molecule has 0 aromatic heterocycles. The number of ether oxygens (including phenoxy) is 1. The molecule has 0 spiro atoms. The van der Waals surface area contributed by atoms with Gasteiger partial charge in [-0.1, -0.05) is 37.0 Å². The maximum absolute atomic E-state index is 9.92. The highest BCUT2D eigenvalue weighted by Crippen LogP contribution is 2.22. The first kappa shape index (κ1) is 14.1. The van der Waals surface area contributed by atoms with E-state index in [1.54, 1.807) is 24.3 Å². The van der Waals surface area contributed by atoms with E-state index in [9.17, 15) is 10.2 Å². The van der Waals surface area contributed by atoms with Gasteiger partial charge in [0.2, 0.25) is 0 Å². The maximum atomic E-state index is 9.92. The molecule has 0 aliphatic carbocycles. The quantitative estimate of drug-likeness (QED) is 0.480. The van der Waals surface area contributed by atoms with E-state index >= 15 is 0 Å². The van der Waals surface area contributed by atoms with Gasteiger partial charge in [-0.05, 0) is 6.92 Å². The molecule has 5 atom stereocenters. The highest BCUT2D eigenvalue weighted by atomic mass is 16.5. The van der Waals surface area contributed by atoms with Crippen LogP contribution in [0, 0.1) is 5.92 Å². The summed E-state index contributed by atoms with van der Waals surface area (Å²) in [4.78, 5) is 0. The summed E-state index contributed by atoms with van der Waals surface area (Å²) in [7, 11) is 0. The van der Waals surface area contributed by atoms with Crippen LogP contribution < -0.4 is 0 Å². The molecule has 1 rings (SSSR count). The second kappa shape index (κ2) is 6.71. The van der Waals surface area contributed by atoms with Crippen LogP contribution in [0.1, 0.15) is 6.92 Å². The van der Waals surface area contributed by atoms with Crippen LogP contribution in [0.5, 0.6) is 0 Å². The maximum Gasteiger partial charge on any atom is 0.102 e. The molecule has 0 aromatic carbocycles. The van der Waals surface area contributed by atoms with Gasteiger partial charge in [0.25, 0.3) is 0 Å². The number of hydrogen-bond acceptors (Lipinski definition) is 4. The van der Waals surface area contributed by atoms with Gasteiger partial charge >= 0.3 is 0 Å². The summed E-state index contributed by atoms with van der Waals surface area (Å²) in [6.45, 7) is 5.45. The standard InChI is InChI=1S/C13H20O4/c1-3-4-5-12-13(16)10(8-17-12)6-7-11(15)9(2)14/h3-7,9-16H,1,8H2,2H3/b5-4+,7-6+/t9-,10+,11-,12+,13-/m1/s1. The molecule has 17 heavy (non-hydrogen) atoms. The Kier molecular flexibility index (Phi) is 5.58. The van der Waals surface area contributed by atoms with Gasteiger partial charge < -0.3 is 20.1 Å². The largest absolute Gasteiger partial charge is 0.390 e. The Morgan fingerprint density at radius 3 is 2.65 bits per heavy atom. The van der Waals surface area contributed by atoms with E-state index in [1.165, 1.54) is 13.0 Å². The monoisotopic (exact) mass is 240 g/mol. The van der Waals surface area contributed by atoms with Gasteiger partial charge in [0.1, 0.15) is 6.10 Å². The average Bonchev–Trinajstić information content (AvgIpc) is 2.64. The van der Waals surface area contributed by atoms with Crippen LogP contribution in [0.15, 0.2) is 37.0 Å². The predicted molar refractivity (Wildman–Crippen MR) is 65.4 cm³/mol. The lowest BCUT2D eigenvalue weighted by Crippen LogP contribution is -2.25. The Balaban J connectivity index is 2.52. The van der Waals surface area contributed by atoms with Crippen LogP contribution in [0.4, 0.5) is 0 Å². The summed E-state index contributed by atoms with van der Waals surface area (Å²) in [6, 6.07) is 0. The van der Waals surface area contributed by atoms with E-state index < -0.39 is 18.3 Å². The molecule has 0 radical (unpaired) electrons. The van der Waals surface area contributed by atoms with Crippen LogP contribution >= 0.6 is 0 Å². The summed E-state index contributed by atoms with van der Waals surface area (Å²) < 4.78 is 5.39. The van der Waals surface area contributed by atoms with E-state index in [1.807, 2.05) is 0 Å². The highest BCUT2D eigenvalue weighted by Gasteiger charge is 2.32.